The van der Waals surface area contributed by atoms with E-state index in [2.05, 4.69) is 0 Å². The van der Waals surface area contributed by atoms with Crippen LogP contribution in [0.2, 0.25) is 0 Å². The summed E-state index contributed by atoms with van der Waals surface area (Å²) in [5.41, 5.74) is -4.58. The predicted molar refractivity (Wildman–Crippen MR) is 58.8 cm³/mol. The molecule has 0 aromatic carbocycles. The highest BCUT2D eigenvalue weighted by Crippen LogP contribution is 2.53. The van der Waals surface area contributed by atoms with E-state index in [0.717, 1.165) is 12.8 Å². The van der Waals surface area contributed by atoms with Crippen molar-refractivity contribution in [3.8, 4) is 0 Å². The highest BCUT2D eigenvalue weighted by atomic mass is 32.2. The molecule has 0 aromatic rings. The van der Waals surface area contributed by atoms with E-state index in [0.29, 0.717) is 11.7 Å². The third-order valence-corrected chi connectivity index (χ3v) is 5.83. The first-order valence-electron chi connectivity index (χ1n) is 6.06. The van der Waals surface area contributed by atoms with Gasteiger partial charge in [-0.15, -0.1) is 0 Å². The van der Waals surface area contributed by atoms with Gasteiger partial charge in [0.15, 0.2) is 0 Å². The number of hydrogen-bond donors (Lipinski definition) is 1. The van der Waals surface area contributed by atoms with Gasteiger partial charge in [-0.1, -0.05) is 0 Å². The molecule has 0 spiro atoms. The minimum atomic E-state index is -5.68. The molecular formula is C11H14F6OS. The maximum Gasteiger partial charge on any atom is 0.426 e. The van der Waals surface area contributed by atoms with Crippen LogP contribution in [-0.4, -0.2) is 33.6 Å². The second-order valence-electron chi connectivity index (χ2n) is 5.26. The first kappa shape index (κ1) is 15.3. The van der Waals surface area contributed by atoms with Gasteiger partial charge in [0.25, 0.3) is 5.60 Å². The van der Waals surface area contributed by atoms with Crippen LogP contribution in [-0.2, 0) is 0 Å². The third kappa shape index (κ3) is 2.70. The van der Waals surface area contributed by atoms with Crippen LogP contribution in [0.1, 0.15) is 32.1 Å². The predicted octanol–water partition coefficient (Wildman–Crippen LogP) is 3.91. The molecule has 2 heterocycles. The van der Waals surface area contributed by atoms with E-state index in [1.54, 1.807) is 11.8 Å². The molecule has 2 rings (SSSR count). The van der Waals surface area contributed by atoms with Gasteiger partial charge in [0.1, 0.15) is 0 Å². The van der Waals surface area contributed by atoms with Crippen molar-refractivity contribution in [3.63, 3.8) is 0 Å². The lowest BCUT2D eigenvalue weighted by molar-refractivity contribution is -0.370. The van der Waals surface area contributed by atoms with E-state index in [9.17, 15) is 26.3 Å². The van der Waals surface area contributed by atoms with Crippen LogP contribution < -0.4 is 0 Å². The van der Waals surface area contributed by atoms with Gasteiger partial charge in [-0.25, -0.2) is 0 Å². The number of hydrogen-bond acceptors (Lipinski definition) is 2. The summed E-state index contributed by atoms with van der Waals surface area (Å²) in [6.45, 7) is 0. The number of fused-ring (bicyclic) bond motifs is 2. The summed E-state index contributed by atoms with van der Waals surface area (Å²) in [6.07, 6.45) is -10.4. The van der Waals surface area contributed by atoms with E-state index in [1.165, 1.54) is 0 Å². The summed E-state index contributed by atoms with van der Waals surface area (Å²) >= 11 is 1.66. The molecule has 0 amide bonds. The highest BCUT2D eigenvalue weighted by molar-refractivity contribution is 8.01. The van der Waals surface area contributed by atoms with E-state index in [-0.39, 0.29) is 17.6 Å². The molecule has 0 radical (unpaired) electrons. The van der Waals surface area contributed by atoms with Gasteiger partial charge in [-0.3, -0.25) is 0 Å². The van der Waals surface area contributed by atoms with Crippen molar-refractivity contribution in [1.82, 2.24) is 0 Å². The van der Waals surface area contributed by atoms with Crippen molar-refractivity contribution in [2.24, 2.45) is 5.92 Å². The molecule has 19 heavy (non-hydrogen) atoms. The molecule has 2 bridgehead atoms. The first-order chi connectivity index (χ1) is 8.54. The van der Waals surface area contributed by atoms with Crippen LogP contribution >= 0.6 is 11.8 Å². The maximum absolute atomic E-state index is 12.5. The van der Waals surface area contributed by atoms with Gasteiger partial charge in [0.2, 0.25) is 0 Å². The van der Waals surface area contributed by atoms with E-state index in [1.807, 2.05) is 0 Å². The summed E-state index contributed by atoms with van der Waals surface area (Å²) in [7, 11) is 0. The smallest absolute Gasteiger partial charge is 0.374 e. The first-order valence-corrected chi connectivity index (χ1v) is 7.00. The second kappa shape index (κ2) is 4.72. The molecule has 2 saturated heterocycles. The van der Waals surface area contributed by atoms with Crippen LogP contribution in [0.4, 0.5) is 26.3 Å². The Balaban J connectivity index is 2.02. The molecule has 3 atom stereocenters. The topological polar surface area (TPSA) is 20.2 Å². The average Bonchev–Trinajstić information content (AvgIpc) is 2.83. The zero-order chi connectivity index (χ0) is 14.5. The fourth-order valence-electron chi connectivity index (χ4n) is 2.89. The number of rotatable bonds is 3. The monoisotopic (exact) mass is 308 g/mol. The molecule has 1 N–H and O–H groups in total. The third-order valence-electron chi connectivity index (χ3n) is 4.05. The second-order valence-corrected chi connectivity index (χ2v) is 6.81. The number of alkyl halides is 6. The zero-order valence-electron chi connectivity index (χ0n) is 9.89. The van der Waals surface area contributed by atoms with Crippen LogP contribution in [0.5, 0.6) is 0 Å². The average molecular weight is 308 g/mol. The standard InChI is InChI=1S/C11H14F6OS/c12-10(13,14)9(18,11(15,16)17)4-3-6-5-7-1-2-8(6)19-7/h6-8,18H,1-5H2. The summed E-state index contributed by atoms with van der Waals surface area (Å²) in [5, 5.41) is 9.60. The van der Waals surface area contributed by atoms with Gasteiger partial charge in [-0.05, 0) is 38.0 Å². The Morgan fingerprint density at radius 3 is 1.95 bits per heavy atom. The van der Waals surface area contributed by atoms with E-state index in [4.69, 9.17) is 5.11 Å². The summed E-state index contributed by atoms with van der Waals surface area (Å²) in [5.74, 6) is -0.139. The number of halogens is 6. The molecule has 1 nitrogen and oxygen atoms in total. The van der Waals surface area contributed by atoms with Crippen LogP contribution in [0.3, 0.4) is 0 Å². The van der Waals surface area contributed by atoms with Gasteiger partial charge in [0, 0.05) is 10.5 Å². The Labute approximate surface area is 110 Å². The lowest BCUT2D eigenvalue weighted by Crippen LogP contribution is -2.57. The minimum Gasteiger partial charge on any atom is -0.374 e. The van der Waals surface area contributed by atoms with Crippen molar-refractivity contribution in [2.45, 2.75) is 60.6 Å². The van der Waals surface area contributed by atoms with Crippen molar-refractivity contribution in [2.75, 3.05) is 0 Å². The Morgan fingerprint density at radius 1 is 1.00 bits per heavy atom. The Morgan fingerprint density at radius 2 is 1.58 bits per heavy atom. The largest absolute Gasteiger partial charge is 0.426 e. The molecule has 112 valence electrons. The molecule has 2 aliphatic heterocycles. The van der Waals surface area contributed by atoms with E-state index < -0.39 is 24.4 Å². The lowest BCUT2D eigenvalue weighted by atomic mass is 9.82. The van der Waals surface area contributed by atoms with Gasteiger partial charge in [0.05, 0.1) is 0 Å². The molecule has 0 saturated carbocycles. The van der Waals surface area contributed by atoms with Crippen LogP contribution in [0.25, 0.3) is 0 Å². The molecule has 0 aromatic heterocycles. The molecule has 8 heteroatoms. The Kier molecular flexibility index (Phi) is 3.79. The lowest BCUT2D eigenvalue weighted by Gasteiger charge is -2.33. The maximum atomic E-state index is 12.5. The van der Waals surface area contributed by atoms with Crippen molar-refractivity contribution < 1.29 is 31.4 Å². The highest BCUT2D eigenvalue weighted by Gasteiger charge is 2.69. The number of aliphatic hydroxyl groups is 1. The Bertz CT molecular complexity index is 325. The van der Waals surface area contributed by atoms with Gasteiger partial charge >= 0.3 is 12.4 Å². The molecule has 2 aliphatic rings. The number of thioether (sulfide) groups is 1. The summed E-state index contributed by atoms with van der Waals surface area (Å²) in [4.78, 5) is 0. The fourth-order valence-corrected chi connectivity index (χ4v) is 4.75. The van der Waals surface area contributed by atoms with E-state index >= 15 is 0 Å². The minimum absolute atomic E-state index is 0.139. The normalized spacial score (nSPS) is 32.1. The van der Waals surface area contributed by atoms with Crippen LogP contribution in [0, 0.1) is 5.92 Å². The molecule has 3 unspecified atom stereocenters. The summed E-state index contributed by atoms with van der Waals surface area (Å²) in [6, 6.07) is 0. The molecule has 2 fully saturated rings. The molecular weight excluding hydrogens is 294 g/mol. The van der Waals surface area contributed by atoms with Gasteiger partial charge in [-0.2, -0.15) is 38.1 Å². The summed E-state index contributed by atoms with van der Waals surface area (Å²) < 4.78 is 74.9. The van der Waals surface area contributed by atoms with Crippen LogP contribution in [0.15, 0.2) is 0 Å². The fraction of sp³-hybridized carbons (Fsp3) is 1.00. The molecule has 0 aliphatic carbocycles. The zero-order valence-corrected chi connectivity index (χ0v) is 10.7. The Hall–Kier alpha value is -0.110. The van der Waals surface area contributed by atoms with Crippen molar-refractivity contribution >= 4 is 11.8 Å². The quantitative estimate of drug-likeness (QED) is 0.798. The van der Waals surface area contributed by atoms with Gasteiger partial charge < -0.3 is 5.11 Å². The SMILES string of the molecule is OC(CCC1CC2CCC1S2)(C(F)(F)F)C(F)(F)F. The van der Waals surface area contributed by atoms with Crippen molar-refractivity contribution in [3.05, 3.63) is 0 Å². The van der Waals surface area contributed by atoms with Crippen molar-refractivity contribution in [1.29, 1.82) is 0 Å².